The number of nitrogens with zero attached hydrogens (tertiary/aromatic N) is 1. The summed E-state index contributed by atoms with van der Waals surface area (Å²) in [4.78, 5) is 28.3. The summed E-state index contributed by atoms with van der Waals surface area (Å²) in [7, 11) is 0. The molecule has 0 fully saturated rings. The number of anilines is 1. The Hall–Kier alpha value is -3.67. The Labute approximate surface area is 218 Å². The zero-order chi connectivity index (χ0) is 26.7. The average Bonchev–Trinajstić information content (AvgIpc) is 2.86. The molecule has 1 aliphatic rings. The summed E-state index contributed by atoms with van der Waals surface area (Å²) in [5, 5.41) is 2.94. The molecule has 0 saturated carbocycles. The number of ether oxygens (including phenoxy) is 1. The van der Waals surface area contributed by atoms with Gasteiger partial charge in [-0.3, -0.25) is 9.59 Å². The predicted octanol–water partition coefficient (Wildman–Crippen LogP) is 6.45. The lowest BCUT2D eigenvalue weighted by molar-refractivity contribution is -0.141. The van der Waals surface area contributed by atoms with Crippen LogP contribution in [0.25, 0.3) is 0 Å². The van der Waals surface area contributed by atoms with Gasteiger partial charge in [-0.2, -0.15) is 0 Å². The van der Waals surface area contributed by atoms with Gasteiger partial charge in [-0.15, -0.1) is 0 Å². The molecule has 4 rings (SSSR count). The van der Waals surface area contributed by atoms with E-state index in [2.05, 4.69) is 5.32 Å². The van der Waals surface area contributed by atoms with E-state index in [9.17, 15) is 14.0 Å². The van der Waals surface area contributed by atoms with Gasteiger partial charge in [-0.05, 0) is 78.4 Å². The van der Waals surface area contributed by atoms with Crippen molar-refractivity contribution >= 4 is 17.5 Å². The van der Waals surface area contributed by atoms with E-state index in [-0.39, 0.29) is 23.7 Å². The van der Waals surface area contributed by atoms with Gasteiger partial charge in [0, 0.05) is 17.6 Å². The summed E-state index contributed by atoms with van der Waals surface area (Å²) in [6.07, 6.45) is 0.518. The lowest BCUT2D eigenvalue weighted by Gasteiger charge is -2.41. The highest BCUT2D eigenvalue weighted by molar-refractivity contribution is 5.94. The monoisotopic (exact) mass is 502 g/mol. The van der Waals surface area contributed by atoms with Crippen LogP contribution in [0.3, 0.4) is 0 Å². The number of amides is 2. The van der Waals surface area contributed by atoms with Crippen molar-refractivity contribution in [3.63, 3.8) is 0 Å². The quantitative estimate of drug-likeness (QED) is 0.421. The lowest BCUT2D eigenvalue weighted by atomic mass is 9.85. The standard InChI is InChI=1S/C31H35FN2O3/c1-6-27(29(35)33-24-9-7-8-20(2)18-24)37-25-15-12-21-16-17-34(30(36)31(3,4)5)28(26(21)19-25)22-10-13-23(32)14-11-22/h7-15,18-19,27-28H,6,16-17H2,1-5H3,(H,33,35)/t27-,28+/m1/s1. The fourth-order valence-corrected chi connectivity index (χ4v) is 4.75. The van der Waals surface area contributed by atoms with Crippen molar-refractivity contribution in [3.8, 4) is 5.75 Å². The molecule has 1 aliphatic heterocycles. The Morgan fingerprint density at radius 2 is 1.81 bits per heavy atom. The van der Waals surface area contributed by atoms with E-state index in [1.165, 1.54) is 12.1 Å². The van der Waals surface area contributed by atoms with Gasteiger partial charge < -0.3 is 15.0 Å². The van der Waals surface area contributed by atoms with Crippen LogP contribution in [-0.2, 0) is 16.0 Å². The van der Waals surface area contributed by atoms with Gasteiger partial charge >= 0.3 is 0 Å². The minimum atomic E-state index is -0.682. The summed E-state index contributed by atoms with van der Waals surface area (Å²) in [5.74, 6) is 0.0475. The van der Waals surface area contributed by atoms with Crippen LogP contribution in [0.15, 0.2) is 66.7 Å². The second kappa shape index (κ2) is 10.8. The molecule has 5 nitrogen and oxygen atoms in total. The molecule has 3 aromatic rings. The third kappa shape index (κ3) is 6.01. The van der Waals surface area contributed by atoms with Gasteiger partial charge in [-0.25, -0.2) is 4.39 Å². The lowest BCUT2D eigenvalue weighted by Crippen LogP contribution is -2.45. The number of aryl methyl sites for hydroxylation is 1. The van der Waals surface area contributed by atoms with Gasteiger partial charge in [0.1, 0.15) is 11.6 Å². The summed E-state index contributed by atoms with van der Waals surface area (Å²) < 4.78 is 19.9. The molecule has 37 heavy (non-hydrogen) atoms. The first-order valence-corrected chi connectivity index (χ1v) is 12.8. The third-order valence-corrected chi connectivity index (χ3v) is 6.66. The highest BCUT2D eigenvalue weighted by Gasteiger charge is 2.37. The molecular weight excluding hydrogens is 467 g/mol. The van der Waals surface area contributed by atoms with E-state index < -0.39 is 11.5 Å². The van der Waals surface area contributed by atoms with Crippen LogP contribution < -0.4 is 10.1 Å². The van der Waals surface area contributed by atoms with Crippen LogP contribution >= 0.6 is 0 Å². The van der Waals surface area contributed by atoms with Gasteiger partial charge in [0.25, 0.3) is 5.91 Å². The molecule has 0 bridgehead atoms. The first-order chi connectivity index (χ1) is 17.6. The maximum absolute atomic E-state index is 13.8. The molecule has 0 saturated heterocycles. The van der Waals surface area contributed by atoms with Crippen molar-refractivity contribution in [1.82, 2.24) is 4.90 Å². The maximum atomic E-state index is 13.8. The van der Waals surface area contributed by atoms with Gasteiger partial charge in [0.2, 0.25) is 5.91 Å². The molecule has 194 valence electrons. The SMILES string of the molecule is CC[C@@H](Oc1ccc2c(c1)[C@H](c1ccc(F)cc1)N(C(=O)C(C)(C)C)CC2)C(=O)Nc1cccc(C)c1. The Bertz CT molecular complexity index is 1280. The molecule has 6 heteroatoms. The minimum absolute atomic E-state index is 0.0303. The largest absolute Gasteiger partial charge is 0.481 e. The molecule has 1 heterocycles. The number of carbonyl (C=O) groups is 2. The molecule has 0 aromatic heterocycles. The second-order valence-electron chi connectivity index (χ2n) is 10.7. The minimum Gasteiger partial charge on any atom is -0.481 e. The number of halogens is 1. The number of fused-ring (bicyclic) bond motifs is 1. The first kappa shape index (κ1) is 26.4. The smallest absolute Gasteiger partial charge is 0.265 e. The fraction of sp³-hybridized carbons (Fsp3) is 0.355. The number of hydrogen-bond donors (Lipinski definition) is 1. The van der Waals surface area contributed by atoms with Crippen LogP contribution in [0.1, 0.15) is 62.4 Å². The Balaban J connectivity index is 1.65. The van der Waals surface area contributed by atoms with Crippen LogP contribution in [-0.4, -0.2) is 29.4 Å². The van der Waals surface area contributed by atoms with E-state index in [4.69, 9.17) is 4.74 Å². The maximum Gasteiger partial charge on any atom is 0.265 e. The molecule has 0 radical (unpaired) electrons. The first-order valence-electron chi connectivity index (χ1n) is 12.8. The van der Waals surface area contributed by atoms with Crippen LogP contribution in [0.4, 0.5) is 10.1 Å². The normalized spacial score (nSPS) is 16.1. The summed E-state index contributed by atoms with van der Waals surface area (Å²) in [6, 6.07) is 19.4. The Morgan fingerprint density at radius 1 is 1.08 bits per heavy atom. The topological polar surface area (TPSA) is 58.6 Å². The predicted molar refractivity (Wildman–Crippen MR) is 144 cm³/mol. The molecule has 0 spiro atoms. The van der Waals surface area contributed by atoms with Crippen molar-refractivity contribution < 1.29 is 18.7 Å². The summed E-state index contributed by atoms with van der Waals surface area (Å²) in [5.41, 5.74) is 4.10. The van der Waals surface area contributed by atoms with Crippen LogP contribution in [0.5, 0.6) is 5.75 Å². The molecule has 1 N–H and O–H groups in total. The Kier molecular flexibility index (Phi) is 7.67. The zero-order valence-electron chi connectivity index (χ0n) is 22.2. The molecule has 0 unspecified atom stereocenters. The number of rotatable bonds is 6. The van der Waals surface area contributed by atoms with Gasteiger partial charge in [-0.1, -0.05) is 58.0 Å². The second-order valence-corrected chi connectivity index (χ2v) is 10.7. The van der Waals surface area contributed by atoms with Gasteiger partial charge in [0.15, 0.2) is 6.10 Å². The summed E-state index contributed by atoms with van der Waals surface area (Å²) in [6.45, 7) is 10.2. The third-order valence-electron chi connectivity index (χ3n) is 6.66. The van der Waals surface area contributed by atoms with E-state index in [0.717, 1.165) is 27.9 Å². The number of nitrogens with one attached hydrogen (secondary N) is 1. The number of hydrogen-bond acceptors (Lipinski definition) is 3. The van der Waals surface area contributed by atoms with Crippen molar-refractivity contribution in [2.75, 3.05) is 11.9 Å². The van der Waals surface area contributed by atoms with E-state index in [1.807, 2.05) is 82.0 Å². The van der Waals surface area contributed by atoms with Crippen molar-refractivity contribution in [1.29, 1.82) is 0 Å². The van der Waals surface area contributed by atoms with Crippen LogP contribution in [0.2, 0.25) is 0 Å². The molecular formula is C31H35FN2O3. The highest BCUT2D eigenvalue weighted by Crippen LogP contribution is 2.39. The average molecular weight is 503 g/mol. The molecule has 0 aliphatic carbocycles. The van der Waals surface area contributed by atoms with Crippen molar-refractivity contribution in [3.05, 3.63) is 94.8 Å². The highest BCUT2D eigenvalue weighted by atomic mass is 19.1. The van der Waals surface area contributed by atoms with Crippen molar-refractivity contribution in [2.24, 2.45) is 5.41 Å². The molecule has 3 aromatic carbocycles. The van der Waals surface area contributed by atoms with E-state index in [0.29, 0.717) is 25.1 Å². The van der Waals surface area contributed by atoms with E-state index in [1.54, 1.807) is 12.1 Å². The number of carbonyl (C=O) groups excluding carboxylic acids is 2. The molecule has 2 amide bonds. The number of benzene rings is 3. The van der Waals surface area contributed by atoms with Crippen LogP contribution in [0, 0.1) is 18.2 Å². The van der Waals surface area contributed by atoms with Crippen molar-refractivity contribution in [2.45, 2.75) is 59.6 Å². The fourth-order valence-electron chi connectivity index (χ4n) is 4.75. The molecule has 2 atom stereocenters. The Morgan fingerprint density at radius 3 is 2.46 bits per heavy atom. The summed E-state index contributed by atoms with van der Waals surface area (Å²) >= 11 is 0. The van der Waals surface area contributed by atoms with Gasteiger partial charge in [0.05, 0.1) is 6.04 Å². The van der Waals surface area contributed by atoms with E-state index >= 15 is 0 Å². The zero-order valence-corrected chi connectivity index (χ0v) is 22.2.